The van der Waals surface area contributed by atoms with Crippen molar-refractivity contribution in [2.75, 3.05) is 12.8 Å². The number of carbonyl (C=O) groups is 1. The maximum absolute atomic E-state index is 11.1. The van der Waals surface area contributed by atoms with E-state index in [1.54, 1.807) is 29.9 Å². The van der Waals surface area contributed by atoms with E-state index in [4.69, 9.17) is 5.73 Å². The predicted molar refractivity (Wildman–Crippen MR) is 55.2 cm³/mol. The SMILES string of the molecule is CNC(=O)Cc1nc2cc(N)ccn2n1. The van der Waals surface area contributed by atoms with Crippen LogP contribution in [0.5, 0.6) is 0 Å². The molecule has 0 bridgehead atoms. The van der Waals surface area contributed by atoms with Gasteiger partial charge in [0.2, 0.25) is 5.91 Å². The number of aromatic nitrogens is 3. The zero-order valence-electron chi connectivity index (χ0n) is 8.27. The van der Waals surface area contributed by atoms with E-state index in [-0.39, 0.29) is 12.3 Å². The van der Waals surface area contributed by atoms with Gasteiger partial charge in [-0.05, 0) is 6.07 Å². The third kappa shape index (κ3) is 1.88. The Balaban J connectivity index is 2.34. The van der Waals surface area contributed by atoms with Crippen LogP contribution in [0.15, 0.2) is 18.3 Å². The lowest BCUT2D eigenvalue weighted by molar-refractivity contribution is -0.120. The normalized spacial score (nSPS) is 10.5. The molecule has 0 aliphatic carbocycles. The highest BCUT2D eigenvalue weighted by molar-refractivity contribution is 5.77. The van der Waals surface area contributed by atoms with Gasteiger partial charge in [-0.15, -0.1) is 0 Å². The Kier molecular flexibility index (Phi) is 2.24. The van der Waals surface area contributed by atoms with Gasteiger partial charge in [0, 0.05) is 25.0 Å². The van der Waals surface area contributed by atoms with Crippen LogP contribution in [0.2, 0.25) is 0 Å². The van der Waals surface area contributed by atoms with Gasteiger partial charge in [-0.25, -0.2) is 9.50 Å². The summed E-state index contributed by atoms with van der Waals surface area (Å²) in [6, 6.07) is 3.44. The molecular formula is C9H11N5O. The first-order valence-electron chi connectivity index (χ1n) is 4.50. The highest BCUT2D eigenvalue weighted by Crippen LogP contribution is 2.06. The molecule has 2 aromatic heterocycles. The van der Waals surface area contributed by atoms with Gasteiger partial charge in [-0.3, -0.25) is 4.79 Å². The number of nitrogens with two attached hydrogens (primary N) is 1. The molecule has 2 heterocycles. The molecule has 0 unspecified atom stereocenters. The third-order valence-corrected chi connectivity index (χ3v) is 2.00. The number of nitrogens with one attached hydrogen (secondary N) is 1. The van der Waals surface area contributed by atoms with Crippen molar-refractivity contribution >= 4 is 17.2 Å². The second kappa shape index (κ2) is 3.56. The number of carbonyl (C=O) groups excluding carboxylic acids is 1. The summed E-state index contributed by atoms with van der Waals surface area (Å²) in [5, 5.41) is 6.65. The molecular weight excluding hydrogens is 194 g/mol. The average Bonchev–Trinajstić information content (AvgIpc) is 2.59. The Morgan fingerprint density at radius 1 is 1.67 bits per heavy atom. The number of nitrogens with zero attached hydrogens (tertiary/aromatic N) is 3. The van der Waals surface area contributed by atoms with Gasteiger partial charge in [-0.2, -0.15) is 5.10 Å². The summed E-state index contributed by atoms with van der Waals surface area (Å²) in [4.78, 5) is 15.3. The number of rotatable bonds is 2. The van der Waals surface area contributed by atoms with Gasteiger partial charge in [0.05, 0.1) is 6.42 Å². The van der Waals surface area contributed by atoms with Crippen LogP contribution in [-0.4, -0.2) is 27.6 Å². The number of anilines is 1. The molecule has 6 heteroatoms. The molecule has 0 spiro atoms. The van der Waals surface area contributed by atoms with Gasteiger partial charge in [0.15, 0.2) is 11.5 Å². The van der Waals surface area contributed by atoms with Crippen LogP contribution in [0.3, 0.4) is 0 Å². The fourth-order valence-corrected chi connectivity index (χ4v) is 1.25. The molecule has 3 N–H and O–H groups in total. The Hall–Kier alpha value is -2.11. The van der Waals surface area contributed by atoms with Gasteiger partial charge < -0.3 is 11.1 Å². The summed E-state index contributed by atoms with van der Waals surface area (Å²) in [6.07, 6.45) is 1.89. The van der Waals surface area contributed by atoms with Crippen LogP contribution >= 0.6 is 0 Å². The van der Waals surface area contributed by atoms with Crippen molar-refractivity contribution in [2.24, 2.45) is 0 Å². The summed E-state index contributed by atoms with van der Waals surface area (Å²) in [6.45, 7) is 0. The maximum Gasteiger partial charge on any atom is 0.227 e. The second-order valence-corrected chi connectivity index (χ2v) is 3.14. The number of hydrogen-bond acceptors (Lipinski definition) is 4. The van der Waals surface area contributed by atoms with Crippen molar-refractivity contribution < 1.29 is 4.79 Å². The molecule has 6 nitrogen and oxygen atoms in total. The lowest BCUT2D eigenvalue weighted by Crippen LogP contribution is -2.20. The molecule has 0 aromatic carbocycles. The van der Waals surface area contributed by atoms with E-state index in [9.17, 15) is 4.79 Å². The Morgan fingerprint density at radius 2 is 2.47 bits per heavy atom. The number of amides is 1. The smallest absolute Gasteiger partial charge is 0.227 e. The van der Waals surface area contributed by atoms with Crippen LogP contribution in [0.25, 0.3) is 5.65 Å². The number of pyridine rings is 1. The van der Waals surface area contributed by atoms with Gasteiger partial charge in [0.25, 0.3) is 0 Å². The Morgan fingerprint density at radius 3 is 3.20 bits per heavy atom. The first-order chi connectivity index (χ1) is 7.19. The van der Waals surface area contributed by atoms with Crippen LogP contribution in [0, 0.1) is 0 Å². The Bertz CT molecular complexity index is 504. The van der Waals surface area contributed by atoms with Crippen molar-refractivity contribution in [3.8, 4) is 0 Å². The van der Waals surface area contributed by atoms with Crippen molar-refractivity contribution in [2.45, 2.75) is 6.42 Å². The molecule has 0 fully saturated rings. The molecule has 0 aliphatic rings. The third-order valence-electron chi connectivity index (χ3n) is 2.00. The lowest BCUT2D eigenvalue weighted by atomic mass is 10.4. The monoisotopic (exact) mass is 205 g/mol. The molecule has 0 saturated carbocycles. The molecule has 0 aliphatic heterocycles. The fourth-order valence-electron chi connectivity index (χ4n) is 1.25. The average molecular weight is 205 g/mol. The molecule has 2 rings (SSSR count). The first kappa shape index (κ1) is 9.45. The summed E-state index contributed by atoms with van der Waals surface area (Å²) in [5.41, 5.74) is 6.87. The zero-order chi connectivity index (χ0) is 10.8. The molecule has 0 saturated heterocycles. The van der Waals surface area contributed by atoms with Crippen molar-refractivity contribution in [3.05, 3.63) is 24.2 Å². The maximum atomic E-state index is 11.1. The summed E-state index contributed by atoms with van der Waals surface area (Å²) in [7, 11) is 1.58. The molecule has 1 amide bonds. The largest absolute Gasteiger partial charge is 0.399 e. The summed E-state index contributed by atoms with van der Waals surface area (Å²) >= 11 is 0. The number of nitrogen functional groups attached to an aromatic ring is 1. The highest BCUT2D eigenvalue weighted by Gasteiger charge is 2.07. The van der Waals surface area contributed by atoms with E-state index >= 15 is 0 Å². The van der Waals surface area contributed by atoms with E-state index in [1.165, 1.54) is 0 Å². The molecule has 0 atom stereocenters. The van der Waals surface area contributed by atoms with Crippen LogP contribution < -0.4 is 11.1 Å². The Labute approximate surface area is 86.1 Å². The molecule has 2 aromatic rings. The zero-order valence-corrected chi connectivity index (χ0v) is 8.27. The highest BCUT2D eigenvalue weighted by atomic mass is 16.1. The molecule has 0 radical (unpaired) electrons. The minimum atomic E-state index is -0.112. The van der Waals surface area contributed by atoms with E-state index in [0.29, 0.717) is 17.2 Å². The fraction of sp³-hybridized carbons (Fsp3) is 0.222. The lowest BCUT2D eigenvalue weighted by Gasteiger charge is -1.92. The topological polar surface area (TPSA) is 85.3 Å². The van der Waals surface area contributed by atoms with Gasteiger partial charge >= 0.3 is 0 Å². The van der Waals surface area contributed by atoms with E-state index in [2.05, 4.69) is 15.4 Å². The summed E-state index contributed by atoms with van der Waals surface area (Å²) < 4.78 is 1.59. The number of fused-ring (bicyclic) bond motifs is 1. The van der Waals surface area contributed by atoms with E-state index < -0.39 is 0 Å². The van der Waals surface area contributed by atoms with Crippen LogP contribution in [0.4, 0.5) is 5.69 Å². The van der Waals surface area contributed by atoms with Crippen molar-refractivity contribution in [1.82, 2.24) is 19.9 Å². The van der Waals surface area contributed by atoms with Crippen molar-refractivity contribution in [1.29, 1.82) is 0 Å². The van der Waals surface area contributed by atoms with Gasteiger partial charge in [0.1, 0.15) is 0 Å². The van der Waals surface area contributed by atoms with Crippen LogP contribution in [0.1, 0.15) is 5.82 Å². The predicted octanol–water partition coefficient (Wildman–Crippen LogP) is -0.400. The minimum Gasteiger partial charge on any atom is -0.399 e. The van der Waals surface area contributed by atoms with Crippen molar-refractivity contribution in [3.63, 3.8) is 0 Å². The standard InChI is InChI=1S/C9H11N5O/c1-11-9(15)5-7-12-8-4-6(10)2-3-14(8)13-7/h2-4H,5,10H2,1H3,(H,11,15). The summed E-state index contributed by atoms with van der Waals surface area (Å²) in [5.74, 6) is 0.374. The molecule has 15 heavy (non-hydrogen) atoms. The minimum absolute atomic E-state index is 0.112. The van der Waals surface area contributed by atoms with E-state index in [0.717, 1.165) is 0 Å². The number of hydrogen-bond donors (Lipinski definition) is 2. The number of likely N-dealkylation sites (N-methyl/N-ethyl adjacent to an activating group) is 1. The van der Waals surface area contributed by atoms with Gasteiger partial charge in [-0.1, -0.05) is 0 Å². The van der Waals surface area contributed by atoms with E-state index in [1.807, 2.05) is 0 Å². The second-order valence-electron chi connectivity index (χ2n) is 3.14. The first-order valence-corrected chi connectivity index (χ1v) is 4.50. The quantitative estimate of drug-likeness (QED) is 0.698. The van der Waals surface area contributed by atoms with Crippen LogP contribution in [-0.2, 0) is 11.2 Å². The molecule has 78 valence electrons.